The van der Waals surface area contributed by atoms with Crippen LogP contribution in [0.5, 0.6) is 0 Å². The van der Waals surface area contributed by atoms with Crippen molar-refractivity contribution in [3.63, 3.8) is 0 Å². The van der Waals surface area contributed by atoms with Crippen molar-refractivity contribution in [1.29, 1.82) is 0 Å². The van der Waals surface area contributed by atoms with Gasteiger partial charge < -0.3 is 14.2 Å². The fourth-order valence-electron chi connectivity index (χ4n) is 2.77. The number of carbonyl (C=O) groups excluding carboxylic acids is 2. The van der Waals surface area contributed by atoms with Crippen molar-refractivity contribution in [3.8, 4) is 0 Å². The number of ether oxygens (including phenoxy) is 3. The molecule has 1 fully saturated rings. The maximum atomic E-state index is 11.8. The normalized spacial score (nSPS) is 16.9. The van der Waals surface area contributed by atoms with Gasteiger partial charge in [-0.2, -0.15) is 0 Å². The predicted octanol–water partition coefficient (Wildman–Crippen LogP) is 1.95. The molecule has 0 bridgehead atoms. The lowest BCUT2D eigenvalue weighted by Crippen LogP contribution is -2.52. The molecule has 1 aliphatic rings. The molecular formula is C16H20O5. The zero-order valence-corrected chi connectivity index (χ0v) is 12.3. The predicted molar refractivity (Wildman–Crippen MR) is 75.3 cm³/mol. The van der Waals surface area contributed by atoms with Gasteiger partial charge in [0.05, 0.1) is 20.8 Å². The van der Waals surface area contributed by atoms with Crippen molar-refractivity contribution in [1.82, 2.24) is 0 Å². The van der Waals surface area contributed by atoms with Crippen LogP contribution in [0.25, 0.3) is 0 Å². The summed E-state index contributed by atoms with van der Waals surface area (Å²) in [5.41, 5.74) is -0.0337. The minimum absolute atomic E-state index is 0.173. The molecular weight excluding hydrogens is 272 g/mol. The minimum atomic E-state index is -1.13. The first-order chi connectivity index (χ1) is 10.1. The molecule has 1 aromatic rings. The second-order valence-corrected chi connectivity index (χ2v) is 5.34. The van der Waals surface area contributed by atoms with Crippen LogP contribution in [0, 0.1) is 11.3 Å². The fourth-order valence-corrected chi connectivity index (χ4v) is 2.77. The summed E-state index contributed by atoms with van der Waals surface area (Å²) < 4.78 is 15.1. The summed E-state index contributed by atoms with van der Waals surface area (Å²) in [5, 5.41) is 0. The van der Waals surface area contributed by atoms with E-state index in [-0.39, 0.29) is 5.92 Å². The Kier molecular flexibility index (Phi) is 4.96. The third-order valence-electron chi connectivity index (χ3n) is 3.89. The van der Waals surface area contributed by atoms with E-state index in [4.69, 9.17) is 14.2 Å². The average molecular weight is 292 g/mol. The Bertz CT molecular complexity index is 473. The van der Waals surface area contributed by atoms with Gasteiger partial charge in [-0.05, 0) is 24.3 Å². The Hall–Kier alpha value is -1.88. The van der Waals surface area contributed by atoms with Crippen molar-refractivity contribution in [3.05, 3.63) is 35.9 Å². The van der Waals surface area contributed by atoms with Crippen molar-refractivity contribution in [2.45, 2.75) is 19.4 Å². The number of carbonyl (C=O) groups is 2. The van der Waals surface area contributed by atoms with Crippen LogP contribution in [0.2, 0.25) is 0 Å². The molecule has 0 radical (unpaired) electrons. The molecule has 1 saturated carbocycles. The number of rotatable bonds is 6. The highest BCUT2D eigenvalue weighted by Gasteiger charge is 2.57. The zero-order valence-electron chi connectivity index (χ0n) is 12.3. The number of benzene rings is 1. The lowest BCUT2D eigenvalue weighted by molar-refractivity contribution is -0.182. The van der Waals surface area contributed by atoms with Gasteiger partial charge in [0.2, 0.25) is 0 Å². The van der Waals surface area contributed by atoms with Gasteiger partial charge in [-0.3, -0.25) is 9.59 Å². The smallest absolute Gasteiger partial charge is 0.323 e. The first-order valence-electron chi connectivity index (χ1n) is 6.91. The molecule has 0 unspecified atom stereocenters. The van der Waals surface area contributed by atoms with Crippen LogP contribution in [0.15, 0.2) is 30.3 Å². The molecule has 114 valence electrons. The SMILES string of the molecule is COC(=O)C1(C(=O)OC)CC(COCc2ccccc2)C1. The van der Waals surface area contributed by atoms with Gasteiger partial charge in [0.15, 0.2) is 5.41 Å². The summed E-state index contributed by atoms with van der Waals surface area (Å²) in [6.07, 6.45) is 0.836. The Balaban J connectivity index is 1.81. The maximum Gasteiger partial charge on any atom is 0.323 e. The van der Waals surface area contributed by atoms with E-state index >= 15 is 0 Å². The van der Waals surface area contributed by atoms with E-state index in [9.17, 15) is 9.59 Å². The standard InChI is InChI=1S/C16H20O5/c1-19-14(17)16(15(18)20-2)8-13(9-16)11-21-10-12-6-4-3-5-7-12/h3-7,13H,8-11H2,1-2H3. The van der Waals surface area contributed by atoms with Gasteiger partial charge in [-0.25, -0.2) is 0 Å². The molecule has 2 rings (SSSR count). The van der Waals surface area contributed by atoms with Crippen molar-refractivity contribution in [2.24, 2.45) is 11.3 Å². The van der Waals surface area contributed by atoms with Gasteiger partial charge in [0, 0.05) is 6.61 Å². The topological polar surface area (TPSA) is 61.8 Å². The molecule has 0 saturated heterocycles. The molecule has 1 aromatic carbocycles. The van der Waals surface area contributed by atoms with Crippen LogP contribution < -0.4 is 0 Å². The first-order valence-corrected chi connectivity index (χ1v) is 6.91. The number of hydrogen-bond donors (Lipinski definition) is 0. The molecule has 1 aliphatic carbocycles. The molecule has 0 heterocycles. The van der Waals surface area contributed by atoms with E-state index in [1.54, 1.807) is 0 Å². The van der Waals surface area contributed by atoms with Crippen molar-refractivity contribution in [2.75, 3.05) is 20.8 Å². The number of methoxy groups -OCH3 is 2. The fraction of sp³-hybridized carbons (Fsp3) is 0.500. The highest BCUT2D eigenvalue weighted by molar-refractivity contribution is 6.01. The summed E-state index contributed by atoms with van der Waals surface area (Å²) in [4.78, 5) is 23.6. The maximum absolute atomic E-state index is 11.8. The molecule has 21 heavy (non-hydrogen) atoms. The highest BCUT2D eigenvalue weighted by Crippen LogP contribution is 2.47. The van der Waals surface area contributed by atoms with Crippen LogP contribution >= 0.6 is 0 Å². The van der Waals surface area contributed by atoms with E-state index in [2.05, 4.69) is 0 Å². The third kappa shape index (κ3) is 3.24. The van der Waals surface area contributed by atoms with Gasteiger partial charge >= 0.3 is 11.9 Å². The van der Waals surface area contributed by atoms with Crippen LogP contribution in [-0.2, 0) is 30.4 Å². The average Bonchev–Trinajstić information content (AvgIpc) is 2.49. The largest absolute Gasteiger partial charge is 0.468 e. The molecule has 0 N–H and O–H groups in total. The monoisotopic (exact) mass is 292 g/mol. The van der Waals surface area contributed by atoms with Crippen LogP contribution in [-0.4, -0.2) is 32.8 Å². The molecule has 0 amide bonds. The van der Waals surface area contributed by atoms with Crippen molar-refractivity contribution >= 4 is 11.9 Å². The van der Waals surface area contributed by atoms with Gasteiger partial charge in [0.1, 0.15) is 0 Å². The Morgan fingerprint density at radius 3 is 2.19 bits per heavy atom. The molecule has 5 nitrogen and oxygen atoms in total. The summed E-state index contributed by atoms with van der Waals surface area (Å²) in [6, 6.07) is 9.86. The first kappa shape index (κ1) is 15.5. The summed E-state index contributed by atoms with van der Waals surface area (Å²) in [6.45, 7) is 1.05. The van der Waals surface area contributed by atoms with Crippen LogP contribution in [0.1, 0.15) is 18.4 Å². The molecule has 5 heteroatoms. The van der Waals surface area contributed by atoms with Gasteiger partial charge in [-0.1, -0.05) is 30.3 Å². The highest BCUT2D eigenvalue weighted by atomic mass is 16.5. The zero-order chi connectivity index (χ0) is 15.3. The van der Waals surface area contributed by atoms with E-state index in [1.807, 2.05) is 30.3 Å². The number of hydrogen-bond acceptors (Lipinski definition) is 5. The Morgan fingerprint density at radius 2 is 1.67 bits per heavy atom. The third-order valence-corrected chi connectivity index (χ3v) is 3.89. The van der Waals surface area contributed by atoms with Crippen molar-refractivity contribution < 1.29 is 23.8 Å². The Morgan fingerprint density at radius 1 is 1.10 bits per heavy atom. The number of esters is 2. The quantitative estimate of drug-likeness (QED) is 0.592. The molecule has 0 aromatic heterocycles. The lowest BCUT2D eigenvalue weighted by atomic mass is 9.62. The van der Waals surface area contributed by atoms with Gasteiger partial charge in [-0.15, -0.1) is 0 Å². The second kappa shape index (κ2) is 6.72. The van der Waals surface area contributed by atoms with Gasteiger partial charge in [0.25, 0.3) is 0 Å². The summed E-state index contributed by atoms with van der Waals surface area (Å²) >= 11 is 0. The summed E-state index contributed by atoms with van der Waals surface area (Å²) in [5.74, 6) is -0.866. The second-order valence-electron chi connectivity index (χ2n) is 5.34. The van der Waals surface area contributed by atoms with Crippen LogP contribution in [0.4, 0.5) is 0 Å². The van der Waals surface area contributed by atoms with E-state index in [1.165, 1.54) is 14.2 Å². The summed E-state index contributed by atoms with van der Waals surface area (Å²) in [7, 11) is 2.57. The van der Waals surface area contributed by atoms with Crippen LogP contribution in [0.3, 0.4) is 0 Å². The van der Waals surface area contributed by atoms with E-state index < -0.39 is 17.4 Å². The van der Waals surface area contributed by atoms with E-state index in [0.717, 1.165) is 5.56 Å². The molecule has 0 aliphatic heterocycles. The Labute approximate surface area is 124 Å². The minimum Gasteiger partial charge on any atom is -0.468 e. The molecule has 0 atom stereocenters. The van der Waals surface area contributed by atoms with E-state index in [0.29, 0.717) is 26.1 Å². The lowest BCUT2D eigenvalue weighted by Gasteiger charge is -2.42. The molecule has 0 spiro atoms.